The number of aldehydes is 1. The van der Waals surface area contributed by atoms with Crippen LogP contribution in [0.15, 0.2) is 12.2 Å². The van der Waals surface area contributed by atoms with Crippen LogP contribution in [0.25, 0.3) is 0 Å². The Bertz CT molecular complexity index is 1380. The number of cyclic esters (lactones) is 1. The predicted octanol–water partition coefficient (Wildman–Crippen LogP) is 1.59. The van der Waals surface area contributed by atoms with Crippen molar-refractivity contribution in [2.75, 3.05) is 21.2 Å². The van der Waals surface area contributed by atoms with Gasteiger partial charge in [0.25, 0.3) is 0 Å². The first-order valence-corrected chi connectivity index (χ1v) is 20.0. The number of carbonyl (C=O) groups excluding carboxylic acids is 4. The number of esters is 3. The van der Waals surface area contributed by atoms with Crippen LogP contribution in [0.3, 0.4) is 0 Å². The van der Waals surface area contributed by atoms with E-state index in [0.29, 0.717) is 12.7 Å². The maximum absolute atomic E-state index is 13.4. The van der Waals surface area contributed by atoms with Crippen LogP contribution < -0.4 is 0 Å². The number of methoxy groups -OCH3 is 1. The lowest BCUT2D eigenvalue weighted by molar-refractivity contribution is -0.344. The third-order valence-electron chi connectivity index (χ3n) is 11.3. The number of aliphatic hydroxyl groups excluding tert-OH is 2. The molecule has 326 valence electrons. The van der Waals surface area contributed by atoms with Crippen molar-refractivity contribution in [2.24, 2.45) is 11.8 Å². The lowest BCUT2D eigenvalue weighted by atomic mass is 9.82. The second-order valence-electron chi connectivity index (χ2n) is 16.4. The Morgan fingerprint density at radius 2 is 1.68 bits per heavy atom. The van der Waals surface area contributed by atoms with Crippen molar-refractivity contribution in [1.82, 2.24) is 4.90 Å². The molecule has 18 atom stereocenters. The average molecular weight is 816 g/mol. The molecule has 0 radical (unpaired) electrons. The number of hydrogen-bond acceptors (Lipinski definition) is 17. The number of hydrogen-bond donors (Lipinski definition) is 3. The summed E-state index contributed by atoms with van der Waals surface area (Å²) in [5.74, 6) is -2.95. The molecule has 0 aromatic heterocycles. The smallest absolute Gasteiger partial charge is 0.309 e. The third-order valence-corrected chi connectivity index (χ3v) is 11.3. The topological polar surface area (TPSA) is 219 Å². The van der Waals surface area contributed by atoms with Gasteiger partial charge >= 0.3 is 17.9 Å². The van der Waals surface area contributed by atoms with E-state index in [9.17, 15) is 34.5 Å². The van der Waals surface area contributed by atoms with Crippen LogP contribution in [-0.2, 0) is 61.8 Å². The fourth-order valence-electron chi connectivity index (χ4n) is 8.31. The number of rotatable bonds is 11. The quantitative estimate of drug-likeness (QED) is 0.0887. The SMILES string of the molecule is CCC(=O)O[C@@H]1CC(=O)O[C@H](C)C[C@@H]2O[C@@H]2/C=C/[C@H](O)[C@H](C)C[C@H](CC=O)[C@H](OC2OC(C)C(OC3CC(C)(O)C(OC(C)=O)C(C)O3)C(N(C)C)C2O)[C@@H]1OC. The van der Waals surface area contributed by atoms with E-state index in [1.165, 1.54) is 21.0 Å². The minimum Gasteiger partial charge on any atom is -0.462 e. The first-order chi connectivity index (χ1) is 26.8. The second kappa shape index (κ2) is 20.6. The maximum Gasteiger partial charge on any atom is 0.309 e. The van der Waals surface area contributed by atoms with Gasteiger partial charge in [0.15, 0.2) is 18.7 Å². The molecule has 0 aromatic rings. The largest absolute Gasteiger partial charge is 0.462 e. The Balaban J connectivity index is 1.68. The number of epoxide rings is 1. The molecule has 0 bridgehead atoms. The number of nitrogens with zero attached hydrogens (tertiary/aromatic N) is 1. The normalized spacial score (nSPS) is 44.0. The van der Waals surface area contributed by atoms with Gasteiger partial charge in [0.2, 0.25) is 0 Å². The molecule has 0 spiro atoms. The summed E-state index contributed by atoms with van der Waals surface area (Å²) in [6, 6.07) is -0.782. The standard InChI is InChI=1S/C40H65NO16/c1-11-30(45)55-29-18-31(46)50-21(3)17-28-27(54-28)13-12-26(44)20(2)16-25(14-15-42)36(37(29)49-10)57-39-34(47)33(41(8)9)35(22(4)52-39)56-32-19-40(7,48)38(23(5)51-32)53-24(6)43/h12-13,15,20-23,25-29,32-39,44,47-48H,11,14,16-19H2,1-10H3/b13-12+/t20-,21-,22?,23?,25+,26+,27-,28+,29-,32?,33?,34?,35?,36+,37-,38?,39?,40?/m1/s1. The lowest BCUT2D eigenvalue weighted by Gasteiger charge is -2.50. The van der Waals surface area contributed by atoms with Crippen molar-refractivity contribution >= 4 is 24.2 Å². The number of carbonyl (C=O) groups is 4. The monoisotopic (exact) mass is 815 g/mol. The minimum absolute atomic E-state index is 0.00512. The van der Waals surface area contributed by atoms with E-state index in [1.54, 1.807) is 58.8 Å². The van der Waals surface area contributed by atoms with Crippen molar-refractivity contribution in [2.45, 2.75) is 184 Å². The average Bonchev–Trinajstić information content (AvgIpc) is 3.86. The molecule has 9 unspecified atom stereocenters. The van der Waals surface area contributed by atoms with Gasteiger partial charge in [-0.3, -0.25) is 14.4 Å². The Hall–Kier alpha value is -2.58. The summed E-state index contributed by atoms with van der Waals surface area (Å²) in [6.45, 7) is 11.3. The molecule has 3 fully saturated rings. The fourth-order valence-corrected chi connectivity index (χ4v) is 8.31. The van der Waals surface area contributed by atoms with E-state index in [-0.39, 0.29) is 37.9 Å². The van der Waals surface area contributed by atoms with Gasteiger partial charge in [-0.2, -0.15) is 0 Å². The molecule has 0 amide bonds. The number of fused-ring (bicyclic) bond motifs is 1. The second-order valence-corrected chi connectivity index (χ2v) is 16.4. The van der Waals surface area contributed by atoms with Gasteiger partial charge in [-0.1, -0.05) is 26.0 Å². The predicted molar refractivity (Wildman–Crippen MR) is 200 cm³/mol. The summed E-state index contributed by atoms with van der Waals surface area (Å²) in [7, 11) is 4.85. The number of aliphatic hydroxyl groups is 3. The molecular weight excluding hydrogens is 750 g/mol. The van der Waals surface area contributed by atoms with Crippen LogP contribution in [0.4, 0.5) is 0 Å². The highest BCUT2D eigenvalue weighted by Gasteiger charge is 2.53. The molecule has 4 aliphatic rings. The summed E-state index contributed by atoms with van der Waals surface area (Å²) in [4.78, 5) is 52.0. The molecule has 57 heavy (non-hydrogen) atoms. The summed E-state index contributed by atoms with van der Waals surface area (Å²) in [6.07, 6.45) is -8.23. The minimum atomic E-state index is -1.49. The first-order valence-electron chi connectivity index (χ1n) is 20.0. The zero-order chi connectivity index (χ0) is 42.4. The Labute approximate surface area is 335 Å². The van der Waals surface area contributed by atoms with Crippen molar-refractivity contribution in [1.29, 1.82) is 0 Å². The van der Waals surface area contributed by atoms with Gasteiger partial charge in [0, 0.05) is 39.7 Å². The van der Waals surface area contributed by atoms with E-state index in [2.05, 4.69) is 0 Å². The zero-order valence-corrected chi connectivity index (χ0v) is 34.9. The Morgan fingerprint density at radius 1 is 0.982 bits per heavy atom. The van der Waals surface area contributed by atoms with Gasteiger partial charge in [-0.15, -0.1) is 0 Å². The van der Waals surface area contributed by atoms with E-state index in [0.717, 1.165) is 0 Å². The maximum atomic E-state index is 13.4. The van der Waals surface area contributed by atoms with Gasteiger partial charge < -0.3 is 67.6 Å². The number of likely N-dealkylation sites (N-methyl/N-ethyl adjacent to an activating group) is 1. The fraction of sp³-hybridized carbons (Fsp3) is 0.850. The molecule has 4 rings (SSSR count). The van der Waals surface area contributed by atoms with E-state index in [4.69, 9.17) is 42.6 Å². The molecule has 0 aliphatic carbocycles. The first kappa shape index (κ1) is 47.1. The van der Waals surface area contributed by atoms with Gasteiger partial charge in [0.05, 0.1) is 43.0 Å². The Kier molecular flexibility index (Phi) is 17.0. The van der Waals surface area contributed by atoms with E-state index in [1.807, 2.05) is 6.92 Å². The van der Waals surface area contributed by atoms with Crippen LogP contribution in [0.2, 0.25) is 0 Å². The molecular formula is C40H65NO16. The molecule has 0 aromatic carbocycles. The molecule has 3 saturated heterocycles. The van der Waals surface area contributed by atoms with E-state index >= 15 is 0 Å². The van der Waals surface area contributed by atoms with Crippen LogP contribution >= 0.6 is 0 Å². The van der Waals surface area contributed by atoms with Crippen LogP contribution in [0, 0.1) is 11.8 Å². The van der Waals surface area contributed by atoms with Gasteiger partial charge in [-0.05, 0) is 60.0 Å². The highest BCUT2D eigenvalue weighted by atomic mass is 16.7. The summed E-state index contributed by atoms with van der Waals surface area (Å²) >= 11 is 0. The summed E-state index contributed by atoms with van der Waals surface area (Å²) in [5, 5.41) is 34.5. The summed E-state index contributed by atoms with van der Waals surface area (Å²) < 4.78 is 54.1. The highest BCUT2D eigenvalue weighted by molar-refractivity contribution is 5.72. The van der Waals surface area contributed by atoms with Crippen LogP contribution in [0.5, 0.6) is 0 Å². The number of ether oxygens (including phenoxy) is 9. The van der Waals surface area contributed by atoms with Crippen molar-refractivity contribution < 1.29 is 77.1 Å². The molecule has 17 nitrogen and oxygen atoms in total. The summed E-state index contributed by atoms with van der Waals surface area (Å²) in [5.41, 5.74) is -1.49. The zero-order valence-electron chi connectivity index (χ0n) is 34.9. The lowest BCUT2D eigenvalue weighted by Crippen LogP contribution is -2.66. The van der Waals surface area contributed by atoms with E-state index < -0.39 is 121 Å². The van der Waals surface area contributed by atoms with Crippen molar-refractivity contribution in [3.63, 3.8) is 0 Å². The Morgan fingerprint density at radius 3 is 2.28 bits per heavy atom. The van der Waals surface area contributed by atoms with Crippen molar-refractivity contribution in [3.05, 3.63) is 12.2 Å². The van der Waals surface area contributed by atoms with Crippen LogP contribution in [0.1, 0.15) is 87.0 Å². The molecule has 17 heteroatoms. The van der Waals surface area contributed by atoms with Crippen molar-refractivity contribution in [3.8, 4) is 0 Å². The molecule has 3 N–H and O–H groups in total. The van der Waals surface area contributed by atoms with Gasteiger partial charge in [0.1, 0.15) is 48.5 Å². The highest BCUT2D eigenvalue weighted by Crippen LogP contribution is 2.38. The molecule has 0 saturated carbocycles. The molecule has 4 heterocycles. The van der Waals surface area contributed by atoms with Gasteiger partial charge in [-0.25, -0.2) is 0 Å². The third kappa shape index (κ3) is 12.5. The molecule has 4 aliphatic heterocycles. The van der Waals surface area contributed by atoms with Crippen LogP contribution in [-0.4, -0.2) is 163 Å².